The molecule has 26 heavy (non-hydrogen) atoms. The fraction of sp³-hybridized carbons (Fsp3) is 0.667. The van der Waals surface area contributed by atoms with Gasteiger partial charge in [0.05, 0.1) is 6.61 Å². The van der Waals surface area contributed by atoms with Crippen molar-refractivity contribution in [3.8, 4) is 5.75 Å². The van der Waals surface area contributed by atoms with Crippen LogP contribution < -0.4 is 15.4 Å². The topological polar surface area (TPSA) is 50.4 Å². The second-order valence-corrected chi connectivity index (χ2v) is 8.60. The second kappa shape index (κ2) is 9.09. The lowest BCUT2D eigenvalue weighted by atomic mass is 9.87. The lowest BCUT2D eigenvalue weighted by Gasteiger charge is -2.29. The van der Waals surface area contributed by atoms with Gasteiger partial charge in [0.25, 0.3) is 0 Å². The van der Waals surface area contributed by atoms with E-state index >= 15 is 0 Å². The number of ether oxygens (including phenoxy) is 1. The Balaban J connectivity index is 0.00000243. The highest BCUT2D eigenvalue weighted by Gasteiger charge is 2.33. The van der Waals surface area contributed by atoms with E-state index in [1.165, 1.54) is 18.4 Å². The predicted molar refractivity (Wildman–Crippen MR) is 108 cm³/mol. The van der Waals surface area contributed by atoms with Crippen LogP contribution in [0.5, 0.6) is 5.75 Å². The van der Waals surface area contributed by atoms with Crippen LogP contribution in [0.1, 0.15) is 64.9 Å². The number of benzene rings is 1. The molecular weight excluding hydrogens is 348 g/mol. The van der Waals surface area contributed by atoms with Gasteiger partial charge in [0, 0.05) is 24.5 Å². The number of rotatable bonds is 6. The van der Waals surface area contributed by atoms with Crippen molar-refractivity contribution in [3.63, 3.8) is 0 Å². The fourth-order valence-electron chi connectivity index (χ4n) is 3.95. The molecule has 0 aromatic heterocycles. The van der Waals surface area contributed by atoms with Crippen LogP contribution in [0.2, 0.25) is 0 Å². The summed E-state index contributed by atoms with van der Waals surface area (Å²) >= 11 is 0. The fourth-order valence-corrected chi connectivity index (χ4v) is 3.95. The monoisotopic (exact) mass is 380 g/mol. The zero-order chi connectivity index (χ0) is 17.9. The lowest BCUT2D eigenvalue weighted by Crippen LogP contribution is -2.48. The molecule has 4 nitrogen and oxygen atoms in total. The van der Waals surface area contributed by atoms with Gasteiger partial charge in [0.1, 0.15) is 5.75 Å². The minimum atomic E-state index is 0. The van der Waals surface area contributed by atoms with Crippen LogP contribution in [-0.4, -0.2) is 30.6 Å². The average molecular weight is 381 g/mol. The molecule has 0 aliphatic carbocycles. The molecule has 2 saturated heterocycles. The van der Waals surface area contributed by atoms with Gasteiger partial charge < -0.3 is 15.4 Å². The third kappa shape index (κ3) is 5.88. The molecule has 1 aromatic carbocycles. The first-order valence-electron chi connectivity index (χ1n) is 9.69. The molecular formula is C21H33ClN2O2. The first-order valence-corrected chi connectivity index (χ1v) is 9.69. The molecule has 1 aromatic rings. The number of amides is 1. The quantitative estimate of drug-likeness (QED) is 0.734. The van der Waals surface area contributed by atoms with E-state index in [1.807, 2.05) is 12.1 Å². The summed E-state index contributed by atoms with van der Waals surface area (Å²) in [5.41, 5.74) is 1.46. The third-order valence-corrected chi connectivity index (χ3v) is 5.38. The van der Waals surface area contributed by atoms with Crippen LogP contribution in [0.15, 0.2) is 24.3 Å². The molecule has 2 bridgehead atoms. The van der Waals surface area contributed by atoms with Crippen LogP contribution in [-0.2, 0) is 10.2 Å². The molecule has 146 valence electrons. The molecule has 3 rings (SSSR count). The second-order valence-electron chi connectivity index (χ2n) is 8.60. The van der Waals surface area contributed by atoms with Crippen molar-refractivity contribution in [2.45, 2.75) is 82.8 Å². The van der Waals surface area contributed by atoms with E-state index in [4.69, 9.17) is 4.74 Å². The Labute approximate surface area is 163 Å². The van der Waals surface area contributed by atoms with Gasteiger partial charge in [-0.2, -0.15) is 0 Å². The van der Waals surface area contributed by atoms with Crippen molar-refractivity contribution >= 4 is 18.3 Å². The molecule has 0 saturated carbocycles. The largest absolute Gasteiger partial charge is 0.494 e. The Hall–Kier alpha value is -1.26. The molecule has 2 atom stereocenters. The smallest absolute Gasteiger partial charge is 0.220 e. The Bertz CT molecular complexity index is 571. The maximum absolute atomic E-state index is 12.1. The number of carbonyl (C=O) groups is 1. The number of fused-ring (bicyclic) bond motifs is 2. The lowest BCUT2D eigenvalue weighted by molar-refractivity contribution is -0.122. The maximum Gasteiger partial charge on any atom is 0.220 e. The summed E-state index contributed by atoms with van der Waals surface area (Å²) in [7, 11) is 0. The van der Waals surface area contributed by atoms with E-state index < -0.39 is 0 Å². The van der Waals surface area contributed by atoms with Crippen LogP contribution in [0.4, 0.5) is 0 Å². The van der Waals surface area contributed by atoms with Crippen molar-refractivity contribution in [3.05, 3.63) is 29.8 Å². The highest BCUT2D eigenvalue weighted by atomic mass is 35.5. The standard InChI is InChI=1S/C21H32N2O2.ClH/c1-21(2,3)15-6-10-19(11-7-15)25-12-4-5-20(24)23-18-13-16-8-9-17(14-18)22-16;/h6-7,10-11,16-18,22H,4-5,8-9,12-14H2,1-3H3,(H,23,24);1H. The summed E-state index contributed by atoms with van der Waals surface area (Å²) < 4.78 is 5.77. The summed E-state index contributed by atoms with van der Waals surface area (Å²) in [6.07, 6.45) is 5.99. The number of piperidine rings is 1. The van der Waals surface area contributed by atoms with E-state index in [1.54, 1.807) is 0 Å². The van der Waals surface area contributed by atoms with Gasteiger partial charge >= 0.3 is 0 Å². The van der Waals surface area contributed by atoms with Gasteiger partial charge in [-0.05, 0) is 55.2 Å². The van der Waals surface area contributed by atoms with E-state index in [0.29, 0.717) is 31.2 Å². The third-order valence-electron chi connectivity index (χ3n) is 5.38. The summed E-state index contributed by atoms with van der Waals surface area (Å²) in [6, 6.07) is 9.86. The first-order chi connectivity index (χ1) is 11.9. The zero-order valence-corrected chi connectivity index (χ0v) is 17.0. The van der Waals surface area contributed by atoms with E-state index in [9.17, 15) is 4.79 Å². The van der Waals surface area contributed by atoms with Crippen LogP contribution in [0, 0.1) is 0 Å². The van der Waals surface area contributed by atoms with Gasteiger partial charge in [0.2, 0.25) is 5.91 Å². The minimum absolute atomic E-state index is 0. The van der Waals surface area contributed by atoms with Gasteiger partial charge in [-0.15, -0.1) is 12.4 Å². The van der Waals surface area contributed by atoms with E-state index in [0.717, 1.165) is 25.0 Å². The van der Waals surface area contributed by atoms with Crippen molar-refractivity contribution in [2.24, 2.45) is 0 Å². The predicted octanol–water partition coefficient (Wildman–Crippen LogP) is 3.96. The molecule has 2 N–H and O–H groups in total. The van der Waals surface area contributed by atoms with Gasteiger partial charge in [-0.25, -0.2) is 0 Å². The number of halogens is 1. The van der Waals surface area contributed by atoms with Crippen molar-refractivity contribution in [1.29, 1.82) is 0 Å². The number of carbonyl (C=O) groups excluding carboxylic acids is 1. The van der Waals surface area contributed by atoms with Crippen molar-refractivity contribution in [2.75, 3.05) is 6.61 Å². The van der Waals surface area contributed by atoms with Crippen LogP contribution in [0.3, 0.4) is 0 Å². The Kier molecular flexibility index (Phi) is 7.36. The zero-order valence-electron chi connectivity index (χ0n) is 16.2. The number of hydrogen-bond acceptors (Lipinski definition) is 3. The van der Waals surface area contributed by atoms with E-state index in [2.05, 4.69) is 43.5 Å². The van der Waals surface area contributed by atoms with E-state index in [-0.39, 0.29) is 23.7 Å². The SMILES string of the molecule is CC(C)(C)c1ccc(OCCCC(=O)NC2CC3CCC(C2)N3)cc1.Cl. The summed E-state index contributed by atoms with van der Waals surface area (Å²) in [5.74, 6) is 1.04. The maximum atomic E-state index is 12.1. The summed E-state index contributed by atoms with van der Waals surface area (Å²) in [5, 5.41) is 6.81. The van der Waals surface area contributed by atoms with Gasteiger partial charge in [-0.3, -0.25) is 4.79 Å². The Morgan fingerprint density at radius 3 is 2.35 bits per heavy atom. The Morgan fingerprint density at radius 2 is 1.77 bits per heavy atom. The molecule has 2 unspecified atom stereocenters. The summed E-state index contributed by atoms with van der Waals surface area (Å²) in [4.78, 5) is 12.1. The van der Waals surface area contributed by atoms with Crippen molar-refractivity contribution < 1.29 is 9.53 Å². The molecule has 2 fully saturated rings. The molecule has 2 heterocycles. The minimum Gasteiger partial charge on any atom is -0.494 e. The molecule has 0 radical (unpaired) electrons. The van der Waals surface area contributed by atoms with Gasteiger partial charge in [-0.1, -0.05) is 32.9 Å². The molecule has 5 heteroatoms. The highest BCUT2D eigenvalue weighted by molar-refractivity contribution is 5.85. The highest BCUT2D eigenvalue weighted by Crippen LogP contribution is 2.27. The van der Waals surface area contributed by atoms with Crippen molar-refractivity contribution in [1.82, 2.24) is 10.6 Å². The van der Waals surface area contributed by atoms with Gasteiger partial charge in [0.15, 0.2) is 0 Å². The van der Waals surface area contributed by atoms with Crippen LogP contribution >= 0.6 is 12.4 Å². The molecule has 0 spiro atoms. The summed E-state index contributed by atoms with van der Waals surface area (Å²) in [6.45, 7) is 7.19. The normalized spacial score (nSPS) is 24.7. The number of nitrogens with one attached hydrogen (secondary N) is 2. The first kappa shape index (κ1) is 21.0. The average Bonchev–Trinajstić information content (AvgIpc) is 2.90. The number of hydrogen-bond donors (Lipinski definition) is 2. The van der Waals surface area contributed by atoms with Crippen LogP contribution in [0.25, 0.3) is 0 Å². The molecule has 1 amide bonds. The Morgan fingerprint density at radius 1 is 1.15 bits per heavy atom. The molecule has 2 aliphatic heterocycles. The molecule has 2 aliphatic rings.